The van der Waals surface area contributed by atoms with E-state index in [4.69, 9.17) is 14.7 Å². The second-order valence-corrected chi connectivity index (χ2v) is 7.93. The standard InChI is InChI=1S/C25H24FN3O2/c1-16(2)21-15-22(19-9-10-20(26)18-8-5-4-7-17(18)19)29-24(28-21)25(12-6-14-27-25)13-11-23(30)31-3/h4-10,12,14-16H,11,13H2,1-3H3. The van der Waals surface area contributed by atoms with Gasteiger partial charge in [-0.1, -0.05) is 38.1 Å². The molecule has 4 rings (SSSR count). The molecule has 2 heterocycles. The van der Waals surface area contributed by atoms with Gasteiger partial charge in [-0.15, -0.1) is 0 Å². The Hall–Kier alpha value is -3.41. The molecule has 0 aliphatic carbocycles. The topological polar surface area (TPSA) is 64.4 Å². The van der Waals surface area contributed by atoms with Gasteiger partial charge in [0, 0.05) is 29.3 Å². The number of aromatic nitrogens is 2. The van der Waals surface area contributed by atoms with Gasteiger partial charge < -0.3 is 4.74 Å². The first-order valence-corrected chi connectivity index (χ1v) is 10.3. The van der Waals surface area contributed by atoms with Crippen molar-refractivity contribution in [2.45, 2.75) is 38.1 Å². The van der Waals surface area contributed by atoms with Crippen molar-refractivity contribution in [1.82, 2.24) is 9.97 Å². The van der Waals surface area contributed by atoms with Crippen LogP contribution in [0, 0.1) is 5.82 Å². The summed E-state index contributed by atoms with van der Waals surface area (Å²) in [6.45, 7) is 4.13. The molecular formula is C25H24FN3O2. The van der Waals surface area contributed by atoms with Gasteiger partial charge >= 0.3 is 5.97 Å². The Bertz CT molecular complexity index is 1190. The van der Waals surface area contributed by atoms with Crippen LogP contribution in [0.4, 0.5) is 4.39 Å². The fourth-order valence-electron chi connectivity index (χ4n) is 3.79. The largest absolute Gasteiger partial charge is 0.469 e. The highest BCUT2D eigenvalue weighted by Crippen LogP contribution is 2.36. The molecule has 0 bridgehead atoms. The Labute approximate surface area is 180 Å². The van der Waals surface area contributed by atoms with E-state index in [2.05, 4.69) is 18.8 Å². The number of rotatable bonds is 6. The number of fused-ring (bicyclic) bond motifs is 1. The lowest BCUT2D eigenvalue weighted by Crippen LogP contribution is -2.25. The molecule has 0 fully saturated rings. The second-order valence-electron chi connectivity index (χ2n) is 7.93. The van der Waals surface area contributed by atoms with Gasteiger partial charge in [-0.2, -0.15) is 0 Å². The molecule has 5 nitrogen and oxygen atoms in total. The van der Waals surface area contributed by atoms with Crippen LogP contribution < -0.4 is 0 Å². The molecule has 0 N–H and O–H groups in total. The summed E-state index contributed by atoms with van der Waals surface area (Å²) in [5.74, 6) is 0.102. The summed E-state index contributed by atoms with van der Waals surface area (Å²) in [5.41, 5.74) is 1.57. The zero-order valence-corrected chi connectivity index (χ0v) is 17.8. The number of hydrogen-bond donors (Lipinski definition) is 0. The number of methoxy groups -OCH3 is 1. The van der Waals surface area contributed by atoms with Crippen LogP contribution in [0.3, 0.4) is 0 Å². The average Bonchev–Trinajstić information content (AvgIpc) is 3.28. The monoisotopic (exact) mass is 417 g/mol. The zero-order chi connectivity index (χ0) is 22.0. The highest BCUT2D eigenvalue weighted by molar-refractivity contribution is 5.96. The van der Waals surface area contributed by atoms with E-state index in [1.807, 2.05) is 36.4 Å². The summed E-state index contributed by atoms with van der Waals surface area (Å²) in [4.78, 5) is 26.1. The number of aliphatic imine (C=N–C) groups is 1. The zero-order valence-electron chi connectivity index (χ0n) is 17.8. The summed E-state index contributed by atoms with van der Waals surface area (Å²) in [6, 6.07) is 12.5. The summed E-state index contributed by atoms with van der Waals surface area (Å²) >= 11 is 0. The Balaban J connectivity index is 1.89. The van der Waals surface area contributed by atoms with Crippen molar-refractivity contribution in [1.29, 1.82) is 0 Å². The Morgan fingerprint density at radius 1 is 1.13 bits per heavy atom. The van der Waals surface area contributed by atoms with Crippen LogP contribution in [0.15, 0.2) is 59.6 Å². The third-order valence-corrected chi connectivity index (χ3v) is 5.57. The Morgan fingerprint density at radius 3 is 2.58 bits per heavy atom. The van der Waals surface area contributed by atoms with Gasteiger partial charge in [0.25, 0.3) is 0 Å². The van der Waals surface area contributed by atoms with Crippen molar-refractivity contribution in [3.05, 3.63) is 72.0 Å². The molecule has 31 heavy (non-hydrogen) atoms. The highest BCUT2D eigenvalue weighted by atomic mass is 19.1. The summed E-state index contributed by atoms with van der Waals surface area (Å²) in [6.07, 6.45) is 6.06. The smallest absolute Gasteiger partial charge is 0.305 e. The number of hydrogen-bond acceptors (Lipinski definition) is 5. The minimum Gasteiger partial charge on any atom is -0.469 e. The summed E-state index contributed by atoms with van der Waals surface area (Å²) < 4.78 is 19.2. The lowest BCUT2D eigenvalue weighted by atomic mass is 9.92. The van der Waals surface area contributed by atoms with Crippen LogP contribution >= 0.6 is 0 Å². The van der Waals surface area contributed by atoms with Crippen LogP contribution in [-0.2, 0) is 15.1 Å². The van der Waals surface area contributed by atoms with Crippen molar-refractivity contribution < 1.29 is 13.9 Å². The van der Waals surface area contributed by atoms with Crippen LogP contribution in [0.5, 0.6) is 0 Å². The lowest BCUT2D eigenvalue weighted by Gasteiger charge is -2.24. The van der Waals surface area contributed by atoms with E-state index in [-0.39, 0.29) is 24.1 Å². The van der Waals surface area contributed by atoms with Crippen molar-refractivity contribution in [2.24, 2.45) is 4.99 Å². The fourth-order valence-corrected chi connectivity index (χ4v) is 3.79. The highest BCUT2D eigenvalue weighted by Gasteiger charge is 2.35. The normalized spacial score (nSPS) is 17.6. The molecule has 1 aromatic heterocycles. The number of halogens is 1. The first-order chi connectivity index (χ1) is 14.9. The van der Waals surface area contributed by atoms with E-state index in [0.29, 0.717) is 23.3 Å². The number of nitrogens with zero attached hydrogens (tertiary/aromatic N) is 3. The Kier molecular flexibility index (Phi) is 5.63. The maximum absolute atomic E-state index is 14.4. The molecule has 0 amide bonds. The van der Waals surface area contributed by atoms with Gasteiger partial charge in [0.15, 0.2) is 5.82 Å². The number of benzene rings is 2. The third kappa shape index (κ3) is 3.98. The Morgan fingerprint density at radius 2 is 1.90 bits per heavy atom. The van der Waals surface area contributed by atoms with Crippen LogP contribution in [0.1, 0.15) is 44.1 Å². The predicted molar refractivity (Wildman–Crippen MR) is 120 cm³/mol. The molecule has 3 aromatic rings. The van der Waals surface area contributed by atoms with E-state index in [0.717, 1.165) is 16.6 Å². The maximum atomic E-state index is 14.4. The minimum atomic E-state index is -0.830. The van der Waals surface area contributed by atoms with Gasteiger partial charge in [0.05, 0.1) is 12.8 Å². The van der Waals surface area contributed by atoms with Crippen LogP contribution in [0.2, 0.25) is 0 Å². The van der Waals surface area contributed by atoms with Crippen molar-refractivity contribution in [2.75, 3.05) is 7.11 Å². The maximum Gasteiger partial charge on any atom is 0.305 e. The molecular weight excluding hydrogens is 393 g/mol. The summed E-state index contributed by atoms with van der Waals surface area (Å²) in [5, 5.41) is 1.33. The van der Waals surface area contributed by atoms with Crippen molar-refractivity contribution >= 4 is 23.0 Å². The number of carbonyl (C=O) groups excluding carboxylic acids is 1. The first kappa shape index (κ1) is 20.8. The minimum absolute atomic E-state index is 0.152. The molecule has 0 radical (unpaired) electrons. The first-order valence-electron chi connectivity index (χ1n) is 10.3. The van der Waals surface area contributed by atoms with Crippen LogP contribution in [-0.4, -0.2) is 29.3 Å². The number of ether oxygens (including phenoxy) is 1. The van der Waals surface area contributed by atoms with Gasteiger partial charge in [-0.05, 0) is 48.1 Å². The molecule has 1 unspecified atom stereocenters. The molecule has 0 saturated heterocycles. The molecule has 1 aliphatic rings. The average molecular weight is 417 g/mol. The van der Waals surface area contributed by atoms with E-state index in [1.165, 1.54) is 13.2 Å². The van der Waals surface area contributed by atoms with Gasteiger partial charge in [-0.3, -0.25) is 9.79 Å². The van der Waals surface area contributed by atoms with E-state index < -0.39 is 5.54 Å². The molecule has 0 spiro atoms. The molecule has 2 aromatic carbocycles. The van der Waals surface area contributed by atoms with Gasteiger partial charge in [-0.25, -0.2) is 14.4 Å². The predicted octanol–water partition coefficient (Wildman–Crippen LogP) is 5.35. The van der Waals surface area contributed by atoms with Crippen molar-refractivity contribution in [3.8, 4) is 11.3 Å². The molecule has 158 valence electrons. The SMILES string of the molecule is COC(=O)CCC1(c2nc(-c3ccc(F)c4ccccc34)cc(C(C)C)n2)C=CC=N1. The van der Waals surface area contributed by atoms with E-state index in [9.17, 15) is 9.18 Å². The second kappa shape index (κ2) is 8.38. The quantitative estimate of drug-likeness (QED) is 0.507. The molecule has 0 saturated carbocycles. The van der Waals surface area contributed by atoms with Gasteiger partial charge in [0.2, 0.25) is 0 Å². The molecule has 1 aliphatic heterocycles. The molecule has 6 heteroatoms. The number of allylic oxidation sites excluding steroid dienone is 1. The fraction of sp³-hybridized carbons (Fsp3) is 0.280. The van der Waals surface area contributed by atoms with Gasteiger partial charge in [0.1, 0.15) is 11.4 Å². The number of esters is 1. The van der Waals surface area contributed by atoms with E-state index >= 15 is 0 Å². The van der Waals surface area contributed by atoms with E-state index in [1.54, 1.807) is 18.3 Å². The van der Waals surface area contributed by atoms with Crippen LogP contribution in [0.25, 0.3) is 22.0 Å². The number of carbonyl (C=O) groups is 1. The summed E-state index contributed by atoms with van der Waals surface area (Å²) in [7, 11) is 1.37. The third-order valence-electron chi connectivity index (χ3n) is 5.57. The van der Waals surface area contributed by atoms with Crippen molar-refractivity contribution in [3.63, 3.8) is 0 Å². The lowest BCUT2D eigenvalue weighted by molar-refractivity contribution is -0.140. The molecule has 1 atom stereocenters.